The fraction of sp³-hybridized carbons (Fsp3) is 0.625. The van der Waals surface area contributed by atoms with Gasteiger partial charge in [0, 0.05) is 17.8 Å². The lowest BCUT2D eigenvalue weighted by Crippen LogP contribution is -2.36. The molecule has 1 saturated heterocycles. The molecule has 0 aliphatic carbocycles. The van der Waals surface area contributed by atoms with Gasteiger partial charge in [-0.15, -0.1) is 0 Å². The van der Waals surface area contributed by atoms with E-state index < -0.39 is 6.10 Å². The number of β-amino-alcohol motifs (C(OH)–C–C–N with tert-alkyl or cyclic N) is 1. The lowest BCUT2D eigenvalue weighted by atomic mass is 9.92. The van der Waals surface area contributed by atoms with Crippen LogP contribution >= 0.6 is 0 Å². The number of likely N-dealkylation sites (tertiary alicyclic amines) is 1. The third kappa shape index (κ3) is 3.95. The molecule has 3 heteroatoms. The molecule has 106 valence electrons. The van der Waals surface area contributed by atoms with Crippen molar-refractivity contribution in [1.29, 1.82) is 0 Å². The summed E-state index contributed by atoms with van der Waals surface area (Å²) in [7, 11) is 0. The summed E-state index contributed by atoms with van der Waals surface area (Å²) >= 11 is 0. The maximum Gasteiger partial charge on any atom is 0.0936 e. The first-order chi connectivity index (χ1) is 9.20. The van der Waals surface area contributed by atoms with Gasteiger partial charge < -0.3 is 15.7 Å². The highest BCUT2D eigenvalue weighted by molar-refractivity contribution is 5.47. The number of benzene rings is 1. The van der Waals surface area contributed by atoms with E-state index >= 15 is 0 Å². The Morgan fingerprint density at radius 1 is 1.32 bits per heavy atom. The van der Waals surface area contributed by atoms with Crippen LogP contribution in [-0.2, 0) is 0 Å². The highest BCUT2D eigenvalue weighted by atomic mass is 16.3. The van der Waals surface area contributed by atoms with Crippen molar-refractivity contribution in [2.75, 3.05) is 25.4 Å². The summed E-state index contributed by atoms with van der Waals surface area (Å²) in [6, 6.07) is 7.61. The Kier molecular flexibility index (Phi) is 5.23. The van der Waals surface area contributed by atoms with Crippen molar-refractivity contribution >= 4 is 5.69 Å². The molecule has 0 aromatic heterocycles. The second-order valence-electron chi connectivity index (χ2n) is 5.68. The second-order valence-corrected chi connectivity index (χ2v) is 5.68. The SMILES string of the molecule is CCCC1CCN(CC(O)c2ccccc2N)CC1. The van der Waals surface area contributed by atoms with Gasteiger partial charge in [-0.05, 0) is 37.9 Å². The van der Waals surface area contributed by atoms with Crippen molar-refractivity contribution in [1.82, 2.24) is 4.90 Å². The van der Waals surface area contributed by atoms with Crippen LogP contribution in [0.4, 0.5) is 5.69 Å². The normalized spacial score (nSPS) is 19.5. The zero-order valence-electron chi connectivity index (χ0n) is 11.9. The van der Waals surface area contributed by atoms with Crippen LogP contribution in [0.15, 0.2) is 24.3 Å². The molecule has 1 aromatic rings. The quantitative estimate of drug-likeness (QED) is 0.802. The molecule has 2 rings (SSSR count). The van der Waals surface area contributed by atoms with Crippen molar-refractivity contribution in [2.24, 2.45) is 5.92 Å². The summed E-state index contributed by atoms with van der Waals surface area (Å²) in [4.78, 5) is 2.36. The highest BCUT2D eigenvalue weighted by Gasteiger charge is 2.21. The lowest BCUT2D eigenvalue weighted by Gasteiger charge is -2.33. The van der Waals surface area contributed by atoms with Gasteiger partial charge in [0.2, 0.25) is 0 Å². The third-order valence-corrected chi connectivity index (χ3v) is 4.19. The largest absolute Gasteiger partial charge is 0.398 e. The van der Waals surface area contributed by atoms with E-state index in [4.69, 9.17) is 5.73 Å². The van der Waals surface area contributed by atoms with Gasteiger partial charge in [-0.2, -0.15) is 0 Å². The zero-order chi connectivity index (χ0) is 13.7. The monoisotopic (exact) mass is 262 g/mol. The average molecular weight is 262 g/mol. The molecule has 0 radical (unpaired) electrons. The predicted octanol–water partition coefficient (Wildman–Crippen LogP) is 2.81. The Balaban J connectivity index is 1.84. The second kappa shape index (κ2) is 6.92. The van der Waals surface area contributed by atoms with Crippen LogP contribution in [-0.4, -0.2) is 29.6 Å². The number of aliphatic hydroxyl groups excluding tert-OH is 1. The number of nitrogens with zero attached hydrogens (tertiary/aromatic N) is 1. The average Bonchev–Trinajstić information content (AvgIpc) is 2.42. The smallest absolute Gasteiger partial charge is 0.0936 e. The Morgan fingerprint density at radius 3 is 2.63 bits per heavy atom. The lowest BCUT2D eigenvalue weighted by molar-refractivity contribution is 0.0883. The van der Waals surface area contributed by atoms with Crippen LogP contribution in [0.2, 0.25) is 0 Å². The minimum absolute atomic E-state index is 0.469. The van der Waals surface area contributed by atoms with Gasteiger partial charge in [-0.3, -0.25) is 0 Å². The van der Waals surface area contributed by atoms with Crippen LogP contribution in [0.1, 0.15) is 44.3 Å². The summed E-state index contributed by atoms with van der Waals surface area (Å²) in [6.45, 7) is 5.17. The van der Waals surface area contributed by atoms with Gasteiger partial charge in [0.05, 0.1) is 6.10 Å². The molecule has 3 N–H and O–H groups in total. The van der Waals surface area contributed by atoms with E-state index in [-0.39, 0.29) is 0 Å². The first kappa shape index (κ1) is 14.4. The maximum absolute atomic E-state index is 10.3. The molecule has 1 heterocycles. The third-order valence-electron chi connectivity index (χ3n) is 4.19. The van der Waals surface area contributed by atoms with Crippen LogP contribution in [0, 0.1) is 5.92 Å². The van der Waals surface area contributed by atoms with E-state index in [1.165, 1.54) is 25.7 Å². The molecule has 0 bridgehead atoms. The molecule has 1 unspecified atom stereocenters. The molecule has 1 atom stereocenters. The first-order valence-corrected chi connectivity index (χ1v) is 7.45. The number of nitrogen functional groups attached to an aromatic ring is 1. The minimum atomic E-state index is -0.469. The summed E-state index contributed by atoms with van der Waals surface area (Å²) in [6.07, 6.45) is 4.70. The van der Waals surface area contributed by atoms with Crippen LogP contribution < -0.4 is 5.73 Å². The van der Waals surface area contributed by atoms with Gasteiger partial charge in [0.1, 0.15) is 0 Å². The van der Waals surface area contributed by atoms with Gasteiger partial charge >= 0.3 is 0 Å². The number of hydrogen-bond donors (Lipinski definition) is 2. The van der Waals surface area contributed by atoms with Crippen LogP contribution in [0.25, 0.3) is 0 Å². The molecule has 1 aromatic carbocycles. The van der Waals surface area contributed by atoms with Gasteiger partial charge in [0.15, 0.2) is 0 Å². The molecule has 1 fully saturated rings. The number of para-hydroxylation sites is 1. The number of hydrogen-bond acceptors (Lipinski definition) is 3. The Morgan fingerprint density at radius 2 is 2.00 bits per heavy atom. The van der Waals surface area contributed by atoms with Crippen molar-refractivity contribution in [3.8, 4) is 0 Å². The van der Waals surface area contributed by atoms with Gasteiger partial charge in [-0.1, -0.05) is 38.0 Å². The predicted molar refractivity (Wildman–Crippen MR) is 79.9 cm³/mol. The summed E-state index contributed by atoms with van der Waals surface area (Å²) < 4.78 is 0. The van der Waals surface area contributed by atoms with E-state index in [1.807, 2.05) is 24.3 Å². The molecule has 3 nitrogen and oxygen atoms in total. The topological polar surface area (TPSA) is 49.5 Å². The Bertz CT molecular complexity index is 386. The van der Waals surface area contributed by atoms with E-state index in [9.17, 15) is 5.11 Å². The number of anilines is 1. The molecule has 0 amide bonds. The number of piperidine rings is 1. The molecular formula is C16H26N2O. The number of aliphatic hydroxyl groups is 1. The first-order valence-electron chi connectivity index (χ1n) is 7.45. The molecule has 19 heavy (non-hydrogen) atoms. The standard InChI is InChI=1S/C16H26N2O/c1-2-5-13-8-10-18(11-9-13)12-16(19)14-6-3-4-7-15(14)17/h3-4,6-7,13,16,19H,2,5,8-12,17H2,1H3. The minimum Gasteiger partial charge on any atom is -0.398 e. The molecule has 0 spiro atoms. The molecule has 1 aliphatic rings. The summed E-state index contributed by atoms with van der Waals surface area (Å²) in [5.74, 6) is 0.889. The fourth-order valence-electron chi connectivity index (χ4n) is 3.02. The maximum atomic E-state index is 10.3. The summed E-state index contributed by atoms with van der Waals surface area (Å²) in [5.41, 5.74) is 7.46. The zero-order valence-corrected chi connectivity index (χ0v) is 11.9. The molecule has 0 saturated carbocycles. The summed E-state index contributed by atoms with van der Waals surface area (Å²) in [5, 5.41) is 10.3. The molecule has 1 aliphatic heterocycles. The van der Waals surface area contributed by atoms with Crippen molar-refractivity contribution in [3.05, 3.63) is 29.8 Å². The van der Waals surface area contributed by atoms with E-state index in [0.717, 1.165) is 24.6 Å². The number of nitrogens with two attached hydrogens (primary N) is 1. The molecular weight excluding hydrogens is 236 g/mol. The van der Waals surface area contributed by atoms with Crippen molar-refractivity contribution in [2.45, 2.75) is 38.7 Å². The highest BCUT2D eigenvalue weighted by Crippen LogP contribution is 2.25. The van der Waals surface area contributed by atoms with Crippen molar-refractivity contribution < 1.29 is 5.11 Å². The fourth-order valence-corrected chi connectivity index (χ4v) is 3.02. The Labute approximate surface area is 116 Å². The number of rotatable bonds is 5. The van der Waals surface area contributed by atoms with Crippen LogP contribution in [0.5, 0.6) is 0 Å². The van der Waals surface area contributed by atoms with E-state index in [2.05, 4.69) is 11.8 Å². The Hall–Kier alpha value is -1.06. The van der Waals surface area contributed by atoms with E-state index in [1.54, 1.807) is 0 Å². The van der Waals surface area contributed by atoms with Crippen molar-refractivity contribution in [3.63, 3.8) is 0 Å². The van der Waals surface area contributed by atoms with Gasteiger partial charge in [-0.25, -0.2) is 0 Å². The van der Waals surface area contributed by atoms with E-state index in [0.29, 0.717) is 12.2 Å². The van der Waals surface area contributed by atoms with Gasteiger partial charge in [0.25, 0.3) is 0 Å². The van der Waals surface area contributed by atoms with Crippen LogP contribution in [0.3, 0.4) is 0 Å².